The maximum Gasteiger partial charge on any atom is 0.391 e. The monoisotopic (exact) mass is 303 g/mol. The molecule has 0 aromatic heterocycles. The lowest BCUT2D eigenvalue weighted by molar-refractivity contribution is -0.183. The van der Waals surface area contributed by atoms with E-state index in [1.807, 2.05) is 0 Å². The molecule has 0 amide bonds. The number of ether oxygens (including phenoxy) is 1. The molecule has 2 unspecified atom stereocenters. The lowest BCUT2D eigenvalue weighted by Crippen LogP contribution is -2.38. The highest BCUT2D eigenvalue weighted by molar-refractivity contribution is 5.39. The third-order valence-corrected chi connectivity index (χ3v) is 4.00. The molecule has 1 aromatic rings. The fraction of sp³-hybridized carbons (Fsp3) is 0.600. The predicted molar refractivity (Wildman–Crippen MR) is 73.3 cm³/mol. The van der Waals surface area contributed by atoms with E-state index in [1.165, 1.54) is 13.2 Å². The van der Waals surface area contributed by atoms with Gasteiger partial charge in [-0.2, -0.15) is 13.2 Å². The van der Waals surface area contributed by atoms with Gasteiger partial charge in [-0.1, -0.05) is 6.42 Å². The van der Waals surface area contributed by atoms with Crippen molar-refractivity contribution in [3.05, 3.63) is 23.8 Å². The number of hydrogen-bond donors (Lipinski definition) is 2. The molecule has 1 aliphatic rings. The number of nitrogens with one attached hydrogen (secondary N) is 1. The first-order valence-electron chi connectivity index (χ1n) is 7.06. The van der Waals surface area contributed by atoms with Crippen LogP contribution in [-0.4, -0.2) is 24.4 Å². The highest BCUT2D eigenvalue weighted by atomic mass is 19.4. The molecule has 2 rings (SSSR count). The van der Waals surface area contributed by atoms with Crippen molar-refractivity contribution < 1.29 is 23.0 Å². The van der Waals surface area contributed by atoms with E-state index in [-0.39, 0.29) is 24.6 Å². The highest BCUT2D eigenvalue weighted by Crippen LogP contribution is 2.37. The lowest BCUT2D eigenvalue weighted by atomic mass is 9.85. The van der Waals surface area contributed by atoms with Crippen LogP contribution in [-0.2, 0) is 6.54 Å². The number of phenols is 1. The highest BCUT2D eigenvalue weighted by Gasteiger charge is 2.41. The molecular weight excluding hydrogens is 283 g/mol. The Hall–Kier alpha value is -1.43. The smallest absolute Gasteiger partial charge is 0.391 e. The van der Waals surface area contributed by atoms with E-state index in [0.29, 0.717) is 24.3 Å². The summed E-state index contributed by atoms with van der Waals surface area (Å²) in [4.78, 5) is 0. The number of alkyl halides is 3. The Morgan fingerprint density at radius 3 is 2.76 bits per heavy atom. The summed E-state index contributed by atoms with van der Waals surface area (Å²) < 4.78 is 43.3. The average molecular weight is 303 g/mol. The first-order valence-corrected chi connectivity index (χ1v) is 7.06. The standard InChI is InChI=1S/C15H20F3NO2/c1-21-13-5-6-14(20)10(7-13)9-19-12-4-2-3-11(8-12)15(16,17)18/h5-7,11-12,19-20H,2-4,8-9H2,1H3. The van der Waals surface area contributed by atoms with Crippen LogP contribution in [0.5, 0.6) is 11.5 Å². The first kappa shape index (κ1) is 15.9. The van der Waals surface area contributed by atoms with Crippen LogP contribution in [0.3, 0.4) is 0 Å². The number of phenolic OH excluding ortho intramolecular Hbond substituents is 1. The van der Waals surface area contributed by atoms with E-state index in [2.05, 4.69) is 5.32 Å². The van der Waals surface area contributed by atoms with Crippen molar-refractivity contribution in [2.45, 2.75) is 44.4 Å². The normalized spacial score (nSPS) is 23.0. The van der Waals surface area contributed by atoms with E-state index < -0.39 is 12.1 Å². The van der Waals surface area contributed by atoms with Crippen LogP contribution < -0.4 is 10.1 Å². The fourth-order valence-electron chi connectivity index (χ4n) is 2.76. The molecule has 0 heterocycles. The van der Waals surface area contributed by atoms with Crippen LogP contribution >= 0.6 is 0 Å². The second-order valence-electron chi connectivity index (χ2n) is 5.48. The number of benzene rings is 1. The Kier molecular flexibility index (Phi) is 4.98. The van der Waals surface area contributed by atoms with Gasteiger partial charge in [0.15, 0.2) is 0 Å². The van der Waals surface area contributed by atoms with E-state index in [1.54, 1.807) is 12.1 Å². The summed E-state index contributed by atoms with van der Waals surface area (Å²) in [5.41, 5.74) is 0.628. The zero-order valence-electron chi connectivity index (χ0n) is 11.9. The van der Waals surface area contributed by atoms with Gasteiger partial charge in [-0.25, -0.2) is 0 Å². The van der Waals surface area contributed by atoms with Gasteiger partial charge < -0.3 is 15.2 Å². The Morgan fingerprint density at radius 1 is 1.33 bits per heavy atom. The van der Waals surface area contributed by atoms with Crippen LogP contribution in [0, 0.1) is 5.92 Å². The number of aromatic hydroxyl groups is 1. The van der Waals surface area contributed by atoms with E-state index in [9.17, 15) is 18.3 Å². The molecule has 6 heteroatoms. The summed E-state index contributed by atoms with van der Waals surface area (Å²) >= 11 is 0. The molecule has 0 saturated heterocycles. The summed E-state index contributed by atoms with van der Waals surface area (Å²) in [7, 11) is 1.53. The van der Waals surface area contributed by atoms with Crippen molar-refractivity contribution in [3.8, 4) is 11.5 Å². The van der Waals surface area contributed by atoms with Gasteiger partial charge in [-0.05, 0) is 37.5 Å². The molecule has 1 aromatic carbocycles. The summed E-state index contributed by atoms with van der Waals surface area (Å²) in [5.74, 6) is -0.490. The van der Waals surface area contributed by atoms with E-state index in [4.69, 9.17) is 4.74 Å². The first-order chi connectivity index (χ1) is 9.90. The van der Waals surface area contributed by atoms with Gasteiger partial charge in [0.1, 0.15) is 11.5 Å². The molecule has 1 fully saturated rings. The Morgan fingerprint density at radius 2 is 2.10 bits per heavy atom. The van der Waals surface area contributed by atoms with Crippen molar-refractivity contribution in [2.75, 3.05) is 7.11 Å². The zero-order valence-corrected chi connectivity index (χ0v) is 11.9. The van der Waals surface area contributed by atoms with Gasteiger partial charge in [0.05, 0.1) is 13.0 Å². The summed E-state index contributed by atoms with van der Waals surface area (Å²) in [6, 6.07) is 4.68. The minimum Gasteiger partial charge on any atom is -0.508 e. The zero-order chi connectivity index (χ0) is 15.5. The molecule has 1 saturated carbocycles. The molecule has 2 N–H and O–H groups in total. The molecule has 0 spiro atoms. The van der Waals surface area contributed by atoms with E-state index in [0.717, 1.165) is 6.42 Å². The summed E-state index contributed by atoms with van der Waals surface area (Å²) in [6.07, 6.45) is -2.48. The number of halogens is 3. The molecule has 1 aliphatic carbocycles. The maximum absolute atomic E-state index is 12.8. The molecular formula is C15H20F3NO2. The van der Waals surface area contributed by atoms with Crippen LogP contribution in [0.4, 0.5) is 13.2 Å². The van der Waals surface area contributed by atoms with Gasteiger partial charge in [0.25, 0.3) is 0 Å². The van der Waals surface area contributed by atoms with Gasteiger partial charge in [0.2, 0.25) is 0 Å². The Labute approximate surface area is 122 Å². The van der Waals surface area contributed by atoms with Gasteiger partial charge >= 0.3 is 6.18 Å². The molecule has 0 radical (unpaired) electrons. The molecule has 118 valence electrons. The number of methoxy groups -OCH3 is 1. The van der Waals surface area contributed by atoms with Gasteiger partial charge in [0, 0.05) is 18.2 Å². The van der Waals surface area contributed by atoms with Crippen LogP contribution in [0.2, 0.25) is 0 Å². The minimum absolute atomic E-state index is 0.105. The summed E-state index contributed by atoms with van der Waals surface area (Å²) in [5, 5.41) is 12.9. The second kappa shape index (κ2) is 6.56. The average Bonchev–Trinajstić information content (AvgIpc) is 2.46. The van der Waals surface area contributed by atoms with Crippen LogP contribution in [0.1, 0.15) is 31.2 Å². The van der Waals surface area contributed by atoms with Crippen LogP contribution in [0.25, 0.3) is 0 Å². The third-order valence-electron chi connectivity index (χ3n) is 4.00. The van der Waals surface area contributed by atoms with Crippen molar-refractivity contribution in [3.63, 3.8) is 0 Å². The SMILES string of the molecule is COc1ccc(O)c(CNC2CCCC(C(F)(F)F)C2)c1. The van der Waals surface area contributed by atoms with Gasteiger partial charge in [-0.15, -0.1) is 0 Å². The molecule has 0 bridgehead atoms. The Balaban J connectivity index is 1.93. The fourth-order valence-corrected chi connectivity index (χ4v) is 2.76. The maximum atomic E-state index is 12.8. The van der Waals surface area contributed by atoms with Crippen molar-refractivity contribution in [2.24, 2.45) is 5.92 Å². The topological polar surface area (TPSA) is 41.5 Å². The van der Waals surface area contributed by atoms with E-state index >= 15 is 0 Å². The largest absolute Gasteiger partial charge is 0.508 e. The number of hydrogen-bond acceptors (Lipinski definition) is 3. The number of rotatable bonds is 4. The van der Waals surface area contributed by atoms with Crippen molar-refractivity contribution >= 4 is 0 Å². The quantitative estimate of drug-likeness (QED) is 0.893. The molecule has 2 atom stereocenters. The van der Waals surface area contributed by atoms with Crippen LogP contribution in [0.15, 0.2) is 18.2 Å². The van der Waals surface area contributed by atoms with Crippen molar-refractivity contribution in [1.82, 2.24) is 5.32 Å². The third kappa shape index (κ3) is 4.27. The molecule has 0 aliphatic heterocycles. The minimum atomic E-state index is -4.11. The van der Waals surface area contributed by atoms with Gasteiger partial charge in [-0.3, -0.25) is 0 Å². The predicted octanol–water partition coefficient (Wildman–Crippen LogP) is 3.61. The molecule has 3 nitrogen and oxygen atoms in total. The second-order valence-corrected chi connectivity index (χ2v) is 5.48. The molecule has 21 heavy (non-hydrogen) atoms. The summed E-state index contributed by atoms with van der Waals surface area (Å²) in [6.45, 7) is 0.332. The Bertz CT molecular complexity index is 476. The van der Waals surface area contributed by atoms with Crippen molar-refractivity contribution in [1.29, 1.82) is 0 Å². The lowest BCUT2D eigenvalue weighted by Gasteiger charge is -2.31.